The van der Waals surface area contributed by atoms with Crippen LogP contribution >= 0.6 is 0 Å². The third-order valence-corrected chi connectivity index (χ3v) is 2.72. The molecule has 0 amide bonds. The summed E-state index contributed by atoms with van der Waals surface area (Å²) in [7, 11) is 1.86. The van der Waals surface area contributed by atoms with Crippen molar-refractivity contribution < 1.29 is 9.90 Å². The summed E-state index contributed by atoms with van der Waals surface area (Å²) < 4.78 is 1.74. The van der Waals surface area contributed by atoms with E-state index in [9.17, 15) is 4.79 Å². The lowest BCUT2D eigenvalue weighted by Gasteiger charge is -2.25. The normalized spacial score (nSPS) is 11.4. The Kier molecular flexibility index (Phi) is 5.09. The number of aromatic nitrogens is 3. The molecule has 0 aliphatic rings. The predicted octanol–water partition coefficient (Wildman–Crippen LogP) is 0.890. The molecule has 0 aromatic carbocycles. The van der Waals surface area contributed by atoms with Crippen LogP contribution in [0.4, 0.5) is 0 Å². The molecule has 0 aliphatic heterocycles. The topological polar surface area (TPSA) is 71.2 Å². The van der Waals surface area contributed by atoms with Crippen LogP contribution < -0.4 is 0 Å². The van der Waals surface area contributed by atoms with Gasteiger partial charge in [-0.1, -0.05) is 0 Å². The van der Waals surface area contributed by atoms with Gasteiger partial charge in [-0.15, -0.1) is 0 Å². The Hall–Kier alpha value is -1.43. The second-order valence-corrected chi connectivity index (χ2v) is 4.36. The smallest absolute Gasteiger partial charge is 0.303 e. The highest BCUT2D eigenvalue weighted by atomic mass is 16.4. The SMILES string of the molecule is CC(C)N(CCCC(=O)O)Cc1ncnn1C. The summed E-state index contributed by atoms with van der Waals surface area (Å²) in [4.78, 5) is 16.9. The summed E-state index contributed by atoms with van der Waals surface area (Å²) >= 11 is 0. The predicted molar refractivity (Wildman–Crippen MR) is 63.4 cm³/mol. The monoisotopic (exact) mass is 240 g/mol. The average molecular weight is 240 g/mol. The molecule has 0 saturated carbocycles. The Morgan fingerprint density at radius 1 is 1.59 bits per heavy atom. The molecule has 6 nitrogen and oxygen atoms in total. The van der Waals surface area contributed by atoms with Gasteiger partial charge in [-0.25, -0.2) is 4.98 Å². The Labute approximate surface area is 101 Å². The third-order valence-electron chi connectivity index (χ3n) is 2.72. The second kappa shape index (κ2) is 6.34. The molecule has 17 heavy (non-hydrogen) atoms. The van der Waals surface area contributed by atoms with Crippen molar-refractivity contribution in [1.82, 2.24) is 19.7 Å². The van der Waals surface area contributed by atoms with E-state index in [-0.39, 0.29) is 6.42 Å². The molecule has 0 spiro atoms. The minimum Gasteiger partial charge on any atom is -0.481 e. The van der Waals surface area contributed by atoms with Crippen LogP contribution in [0.2, 0.25) is 0 Å². The number of aliphatic carboxylic acids is 1. The van der Waals surface area contributed by atoms with Crippen LogP contribution in [0, 0.1) is 0 Å². The molecule has 0 aliphatic carbocycles. The molecule has 6 heteroatoms. The number of nitrogens with zero attached hydrogens (tertiary/aromatic N) is 4. The zero-order chi connectivity index (χ0) is 12.8. The van der Waals surface area contributed by atoms with Crippen LogP contribution in [0.15, 0.2) is 6.33 Å². The number of carboxylic acid groups (broad SMARTS) is 1. The Bertz CT molecular complexity index is 362. The van der Waals surface area contributed by atoms with Gasteiger partial charge in [0.2, 0.25) is 0 Å². The van der Waals surface area contributed by atoms with E-state index < -0.39 is 5.97 Å². The maximum atomic E-state index is 10.5. The minimum atomic E-state index is -0.743. The average Bonchev–Trinajstić information content (AvgIpc) is 2.62. The molecular weight excluding hydrogens is 220 g/mol. The summed E-state index contributed by atoms with van der Waals surface area (Å²) in [6.07, 6.45) is 2.40. The molecule has 1 heterocycles. The van der Waals surface area contributed by atoms with Crippen molar-refractivity contribution in [2.45, 2.75) is 39.3 Å². The fourth-order valence-corrected chi connectivity index (χ4v) is 1.60. The van der Waals surface area contributed by atoms with Gasteiger partial charge >= 0.3 is 5.97 Å². The van der Waals surface area contributed by atoms with Gasteiger partial charge in [-0.2, -0.15) is 5.10 Å². The van der Waals surface area contributed by atoms with Crippen LogP contribution in [0.5, 0.6) is 0 Å². The van der Waals surface area contributed by atoms with E-state index >= 15 is 0 Å². The molecule has 0 atom stereocenters. The van der Waals surface area contributed by atoms with E-state index in [1.807, 2.05) is 7.05 Å². The first-order valence-corrected chi connectivity index (χ1v) is 5.79. The van der Waals surface area contributed by atoms with Crippen molar-refractivity contribution in [3.05, 3.63) is 12.2 Å². The Morgan fingerprint density at radius 2 is 2.29 bits per heavy atom. The molecule has 1 aromatic heterocycles. The quantitative estimate of drug-likeness (QED) is 0.766. The molecule has 0 bridgehead atoms. The van der Waals surface area contributed by atoms with Crippen LogP contribution in [0.25, 0.3) is 0 Å². The first-order chi connectivity index (χ1) is 8.00. The molecule has 0 saturated heterocycles. The van der Waals surface area contributed by atoms with Gasteiger partial charge in [0.25, 0.3) is 0 Å². The van der Waals surface area contributed by atoms with Crippen molar-refractivity contribution in [3.63, 3.8) is 0 Å². The van der Waals surface area contributed by atoms with E-state index in [2.05, 4.69) is 28.8 Å². The highest BCUT2D eigenvalue weighted by Crippen LogP contribution is 2.07. The lowest BCUT2D eigenvalue weighted by Crippen LogP contribution is -2.32. The zero-order valence-corrected chi connectivity index (χ0v) is 10.6. The highest BCUT2D eigenvalue weighted by molar-refractivity contribution is 5.66. The van der Waals surface area contributed by atoms with E-state index in [4.69, 9.17) is 5.11 Å². The molecular formula is C11H20N4O2. The number of rotatable bonds is 7. The summed E-state index contributed by atoms with van der Waals surface area (Å²) in [6, 6.07) is 0.362. The van der Waals surface area contributed by atoms with Crippen LogP contribution in [0.1, 0.15) is 32.5 Å². The second-order valence-electron chi connectivity index (χ2n) is 4.36. The van der Waals surface area contributed by atoms with Gasteiger partial charge in [-0.3, -0.25) is 14.4 Å². The number of carbonyl (C=O) groups is 1. The van der Waals surface area contributed by atoms with Crippen molar-refractivity contribution in [2.75, 3.05) is 6.54 Å². The van der Waals surface area contributed by atoms with Gasteiger partial charge in [0.05, 0.1) is 6.54 Å². The lowest BCUT2D eigenvalue weighted by atomic mass is 10.2. The molecule has 0 unspecified atom stereocenters. The van der Waals surface area contributed by atoms with E-state index in [0.717, 1.165) is 12.4 Å². The van der Waals surface area contributed by atoms with E-state index in [1.165, 1.54) is 6.33 Å². The van der Waals surface area contributed by atoms with E-state index in [1.54, 1.807) is 4.68 Å². The van der Waals surface area contributed by atoms with Crippen LogP contribution in [-0.2, 0) is 18.4 Å². The largest absolute Gasteiger partial charge is 0.481 e. The summed E-state index contributed by atoms with van der Waals surface area (Å²) in [5.41, 5.74) is 0. The molecule has 0 radical (unpaired) electrons. The number of hydrogen-bond acceptors (Lipinski definition) is 4. The number of aryl methyl sites for hydroxylation is 1. The molecule has 1 rings (SSSR count). The number of carboxylic acids is 1. The van der Waals surface area contributed by atoms with Crippen molar-refractivity contribution in [2.24, 2.45) is 7.05 Å². The summed E-state index contributed by atoms with van der Waals surface area (Å²) in [6.45, 7) is 5.65. The van der Waals surface area contributed by atoms with Crippen molar-refractivity contribution in [1.29, 1.82) is 0 Å². The summed E-state index contributed by atoms with van der Waals surface area (Å²) in [5, 5.41) is 12.6. The molecule has 96 valence electrons. The van der Waals surface area contributed by atoms with Gasteiger partial charge in [-0.05, 0) is 26.8 Å². The fraction of sp³-hybridized carbons (Fsp3) is 0.727. The van der Waals surface area contributed by atoms with Gasteiger partial charge in [0.1, 0.15) is 12.2 Å². The molecule has 1 aromatic rings. The minimum absolute atomic E-state index is 0.210. The zero-order valence-electron chi connectivity index (χ0n) is 10.6. The van der Waals surface area contributed by atoms with Gasteiger partial charge < -0.3 is 5.11 Å². The molecule has 1 N–H and O–H groups in total. The first kappa shape index (κ1) is 13.6. The van der Waals surface area contributed by atoms with Crippen molar-refractivity contribution in [3.8, 4) is 0 Å². The first-order valence-electron chi connectivity index (χ1n) is 5.79. The maximum Gasteiger partial charge on any atom is 0.303 e. The van der Waals surface area contributed by atoms with Crippen LogP contribution in [0.3, 0.4) is 0 Å². The van der Waals surface area contributed by atoms with E-state index in [0.29, 0.717) is 19.0 Å². The maximum absolute atomic E-state index is 10.5. The summed E-state index contributed by atoms with van der Waals surface area (Å²) in [5.74, 6) is 0.154. The molecule has 0 fully saturated rings. The van der Waals surface area contributed by atoms with Crippen molar-refractivity contribution >= 4 is 5.97 Å². The standard InChI is InChI=1S/C11H20N4O2/c1-9(2)15(6-4-5-11(16)17)7-10-12-8-13-14(10)3/h8-9H,4-7H2,1-3H3,(H,16,17). The fourth-order valence-electron chi connectivity index (χ4n) is 1.60. The lowest BCUT2D eigenvalue weighted by molar-refractivity contribution is -0.137. The Morgan fingerprint density at radius 3 is 2.76 bits per heavy atom. The third kappa shape index (κ3) is 4.52. The number of hydrogen-bond donors (Lipinski definition) is 1. The highest BCUT2D eigenvalue weighted by Gasteiger charge is 2.13. The van der Waals surface area contributed by atoms with Gasteiger partial charge in [0, 0.05) is 19.5 Å². The van der Waals surface area contributed by atoms with Gasteiger partial charge in [0.15, 0.2) is 0 Å². The van der Waals surface area contributed by atoms with Crippen LogP contribution in [-0.4, -0.2) is 43.3 Å². The Balaban J connectivity index is 2.49.